The van der Waals surface area contributed by atoms with Crippen LogP contribution in [0.5, 0.6) is 0 Å². The highest BCUT2D eigenvalue weighted by molar-refractivity contribution is 9.10. The smallest absolute Gasteiger partial charge is 0.180 e. The topological polar surface area (TPSA) is 68.0 Å². The van der Waals surface area contributed by atoms with Gasteiger partial charge in [-0.25, -0.2) is 9.97 Å². The molecule has 0 bridgehead atoms. The lowest BCUT2D eigenvalue weighted by molar-refractivity contribution is 1.05. The quantitative estimate of drug-likeness (QED) is 0.568. The Morgan fingerprint density at radius 3 is 2.76 bits per heavy atom. The lowest BCUT2D eigenvalue weighted by Gasteiger charge is -2.08. The molecule has 0 radical (unpaired) electrons. The number of aryl methyl sites for hydroxylation is 1. The van der Waals surface area contributed by atoms with E-state index in [4.69, 9.17) is 0 Å². The maximum Gasteiger partial charge on any atom is 0.180 e. The molecule has 0 aliphatic carbocycles. The van der Waals surface area contributed by atoms with Crippen molar-refractivity contribution in [1.82, 2.24) is 24.3 Å². The van der Waals surface area contributed by atoms with Crippen molar-refractivity contribution in [3.8, 4) is 11.3 Å². The molecule has 0 aliphatic heterocycles. The number of nitrogens with one attached hydrogen (secondary N) is 1. The van der Waals surface area contributed by atoms with E-state index in [2.05, 4.69) is 47.2 Å². The molecule has 4 aromatic rings. The molecule has 4 heterocycles. The van der Waals surface area contributed by atoms with Crippen molar-refractivity contribution >= 4 is 27.4 Å². The lowest BCUT2D eigenvalue weighted by Crippen LogP contribution is -2.04. The van der Waals surface area contributed by atoms with Gasteiger partial charge in [0.2, 0.25) is 0 Å². The highest BCUT2D eigenvalue weighted by Gasteiger charge is 2.07. The summed E-state index contributed by atoms with van der Waals surface area (Å²) in [5, 5.41) is 3.32. The molecule has 0 atom stereocenters. The SMILES string of the molecule is Cc1cc(-c2ccc(CNc3nccn4c(Br)cnc34)cn2)ccn1. The zero-order valence-electron chi connectivity index (χ0n) is 13.5. The van der Waals surface area contributed by atoms with Gasteiger partial charge in [-0.3, -0.25) is 14.4 Å². The highest BCUT2D eigenvalue weighted by Crippen LogP contribution is 2.20. The Balaban J connectivity index is 1.51. The molecule has 1 N–H and O–H groups in total. The van der Waals surface area contributed by atoms with Crippen LogP contribution >= 0.6 is 15.9 Å². The molecule has 0 saturated carbocycles. The molecule has 6 nitrogen and oxygen atoms in total. The monoisotopic (exact) mass is 394 g/mol. The molecule has 0 fully saturated rings. The summed E-state index contributed by atoms with van der Waals surface area (Å²) in [6, 6.07) is 8.08. The van der Waals surface area contributed by atoms with Crippen LogP contribution in [0.25, 0.3) is 16.9 Å². The molecule has 25 heavy (non-hydrogen) atoms. The van der Waals surface area contributed by atoms with Crippen LogP contribution in [0.15, 0.2) is 59.9 Å². The number of fused-ring (bicyclic) bond motifs is 1. The van der Waals surface area contributed by atoms with Crippen molar-refractivity contribution in [2.24, 2.45) is 0 Å². The highest BCUT2D eigenvalue weighted by atomic mass is 79.9. The van der Waals surface area contributed by atoms with Crippen LogP contribution in [0.2, 0.25) is 0 Å². The van der Waals surface area contributed by atoms with E-state index in [1.165, 1.54) is 0 Å². The van der Waals surface area contributed by atoms with Crippen LogP contribution in [0.3, 0.4) is 0 Å². The van der Waals surface area contributed by atoms with Crippen molar-refractivity contribution in [2.75, 3.05) is 5.32 Å². The second kappa shape index (κ2) is 6.60. The third-order valence-corrected chi connectivity index (χ3v) is 4.45. The van der Waals surface area contributed by atoms with E-state index in [9.17, 15) is 0 Å². The number of aromatic nitrogens is 5. The predicted molar refractivity (Wildman–Crippen MR) is 100 cm³/mol. The Bertz CT molecular complexity index is 1030. The number of nitrogens with zero attached hydrogens (tertiary/aromatic N) is 5. The minimum atomic E-state index is 0.625. The largest absolute Gasteiger partial charge is 0.363 e. The van der Waals surface area contributed by atoms with Gasteiger partial charge in [-0.15, -0.1) is 0 Å². The van der Waals surface area contributed by atoms with E-state index in [0.29, 0.717) is 6.54 Å². The summed E-state index contributed by atoms with van der Waals surface area (Å²) >= 11 is 3.46. The summed E-state index contributed by atoms with van der Waals surface area (Å²) in [4.78, 5) is 17.5. The van der Waals surface area contributed by atoms with Crippen LogP contribution in [0, 0.1) is 6.92 Å². The third-order valence-electron chi connectivity index (χ3n) is 3.86. The molecular formula is C18H15BrN6. The van der Waals surface area contributed by atoms with Crippen molar-refractivity contribution in [2.45, 2.75) is 13.5 Å². The number of rotatable bonds is 4. The number of imidazole rings is 1. The van der Waals surface area contributed by atoms with E-state index >= 15 is 0 Å². The molecule has 0 spiro atoms. The minimum Gasteiger partial charge on any atom is -0.363 e. The van der Waals surface area contributed by atoms with Gasteiger partial charge in [0.1, 0.15) is 4.60 Å². The average Bonchev–Trinajstić information content (AvgIpc) is 3.02. The van der Waals surface area contributed by atoms with E-state index in [0.717, 1.165) is 38.6 Å². The van der Waals surface area contributed by atoms with Gasteiger partial charge in [0.25, 0.3) is 0 Å². The Kier molecular flexibility index (Phi) is 4.15. The van der Waals surface area contributed by atoms with Crippen LogP contribution in [-0.2, 0) is 6.54 Å². The maximum absolute atomic E-state index is 4.55. The zero-order chi connectivity index (χ0) is 17.2. The summed E-state index contributed by atoms with van der Waals surface area (Å²) in [6.07, 6.45) is 9.05. The minimum absolute atomic E-state index is 0.625. The van der Waals surface area contributed by atoms with Crippen LogP contribution in [-0.4, -0.2) is 24.3 Å². The molecule has 0 amide bonds. The van der Waals surface area contributed by atoms with Gasteiger partial charge in [0.15, 0.2) is 11.5 Å². The van der Waals surface area contributed by atoms with E-state index in [1.54, 1.807) is 18.6 Å². The molecule has 0 aliphatic rings. The normalized spacial score (nSPS) is 11.0. The summed E-state index contributed by atoms with van der Waals surface area (Å²) in [6.45, 7) is 2.60. The van der Waals surface area contributed by atoms with E-state index < -0.39 is 0 Å². The molecule has 0 saturated heterocycles. The first-order valence-corrected chi connectivity index (χ1v) is 8.59. The number of pyridine rings is 2. The average molecular weight is 395 g/mol. The van der Waals surface area contributed by atoms with Gasteiger partial charge in [0.05, 0.1) is 11.9 Å². The molecule has 0 unspecified atom stereocenters. The second-order valence-electron chi connectivity index (χ2n) is 5.64. The van der Waals surface area contributed by atoms with Gasteiger partial charge < -0.3 is 5.32 Å². The van der Waals surface area contributed by atoms with Gasteiger partial charge >= 0.3 is 0 Å². The van der Waals surface area contributed by atoms with E-state index in [-0.39, 0.29) is 0 Å². The van der Waals surface area contributed by atoms with Gasteiger partial charge in [0, 0.05) is 42.6 Å². The van der Waals surface area contributed by atoms with Crippen molar-refractivity contribution in [3.05, 3.63) is 71.1 Å². The molecule has 0 aromatic carbocycles. The Hall–Kier alpha value is -2.80. The fourth-order valence-corrected chi connectivity index (χ4v) is 2.99. The standard InChI is InChI=1S/C18H15BrN6/c1-12-8-14(4-5-20-12)15-3-2-13(9-22-15)10-23-17-18-24-11-16(19)25(18)7-6-21-17/h2-9,11H,10H2,1H3,(H,21,23). The Labute approximate surface area is 153 Å². The third kappa shape index (κ3) is 3.23. The summed E-state index contributed by atoms with van der Waals surface area (Å²) in [7, 11) is 0. The fraction of sp³-hybridized carbons (Fsp3) is 0.111. The molecule has 4 rings (SSSR count). The van der Waals surface area contributed by atoms with Crippen molar-refractivity contribution in [3.63, 3.8) is 0 Å². The first-order chi connectivity index (χ1) is 12.2. The molecule has 124 valence electrons. The maximum atomic E-state index is 4.55. The predicted octanol–water partition coefficient (Wildman–Crippen LogP) is 3.87. The van der Waals surface area contributed by atoms with Gasteiger partial charge in [-0.2, -0.15) is 0 Å². The van der Waals surface area contributed by atoms with Crippen LogP contribution < -0.4 is 5.32 Å². The van der Waals surface area contributed by atoms with Gasteiger partial charge in [-0.05, 0) is 46.6 Å². The number of hydrogen-bond acceptors (Lipinski definition) is 5. The second-order valence-corrected chi connectivity index (χ2v) is 6.45. The number of anilines is 1. The Morgan fingerprint density at radius 2 is 1.96 bits per heavy atom. The van der Waals surface area contributed by atoms with E-state index in [1.807, 2.05) is 41.9 Å². The summed E-state index contributed by atoms with van der Waals surface area (Å²) in [5.41, 5.74) is 4.84. The zero-order valence-corrected chi connectivity index (χ0v) is 15.1. The van der Waals surface area contributed by atoms with Crippen molar-refractivity contribution in [1.29, 1.82) is 0 Å². The Morgan fingerprint density at radius 1 is 1.04 bits per heavy atom. The first kappa shape index (κ1) is 15.7. The molecule has 4 aromatic heterocycles. The van der Waals surface area contributed by atoms with Gasteiger partial charge in [-0.1, -0.05) is 6.07 Å². The summed E-state index contributed by atoms with van der Waals surface area (Å²) in [5.74, 6) is 0.738. The van der Waals surface area contributed by atoms with Crippen LogP contribution in [0.1, 0.15) is 11.3 Å². The first-order valence-electron chi connectivity index (χ1n) is 7.80. The number of hydrogen-bond donors (Lipinski definition) is 1. The summed E-state index contributed by atoms with van der Waals surface area (Å²) < 4.78 is 2.83. The molecule has 7 heteroatoms. The lowest BCUT2D eigenvalue weighted by atomic mass is 10.1. The fourth-order valence-electron chi connectivity index (χ4n) is 2.60. The molecular weight excluding hydrogens is 380 g/mol. The van der Waals surface area contributed by atoms with Crippen molar-refractivity contribution < 1.29 is 0 Å². The van der Waals surface area contributed by atoms with Crippen LogP contribution in [0.4, 0.5) is 5.82 Å². The number of halogens is 1.